The third-order valence-corrected chi connectivity index (χ3v) is 7.52. The molecular formula is C26H29N5O3S. The summed E-state index contributed by atoms with van der Waals surface area (Å²) in [6, 6.07) is 11.7. The fourth-order valence-corrected chi connectivity index (χ4v) is 5.53. The van der Waals surface area contributed by atoms with Gasteiger partial charge in [-0.1, -0.05) is 18.2 Å². The lowest BCUT2D eigenvalue weighted by Crippen LogP contribution is -2.41. The monoisotopic (exact) mass is 491 g/mol. The van der Waals surface area contributed by atoms with Crippen molar-refractivity contribution in [1.82, 2.24) is 23.8 Å². The van der Waals surface area contributed by atoms with Gasteiger partial charge in [-0.3, -0.25) is 14.3 Å². The molecule has 1 aliphatic heterocycles. The molecule has 8 nitrogen and oxygen atoms in total. The highest BCUT2D eigenvalue weighted by Crippen LogP contribution is 2.31. The minimum atomic E-state index is -0.0698. The van der Waals surface area contributed by atoms with Gasteiger partial charge in [0.15, 0.2) is 0 Å². The van der Waals surface area contributed by atoms with Gasteiger partial charge in [0, 0.05) is 42.5 Å². The van der Waals surface area contributed by atoms with E-state index >= 15 is 0 Å². The van der Waals surface area contributed by atoms with Crippen molar-refractivity contribution in [3.63, 3.8) is 0 Å². The summed E-state index contributed by atoms with van der Waals surface area (Å²) in [4.78, 5) is 32.9. The average molecular weight is 492 g/mol. The largest absolute Gasteiger partial charge is 0.378 e. The van der Waals surface area contributed by atoms with Crippen LogP contribution in [0.25, 0.3) is 22.6 Å². The zero-order chi connectivity index (χ0) is 24.7. The number of hydrogen-bond acceptors (Lipinski definition) is 5. The van der Waals surface area contributed by atoms with Crippen LogP contribution in [0, 0.1) is 20.8 Å². The van der Waals surface area contributed by atoms with Gasteiger partial charge in [-0.05, 0) is 39.0 Å². The molecule has 0 unspecified atom stereocenters. The summed E-state index contributed by atoms with van der Waals surface area (Å²) in [6.07, 6.45) is 0.295. The van der Waals surface area contributed by atoms with E-state index < -0.39 is 0 Å². The number of thiazole rings is 1. The lowest BCUT2D eigenvalue weighted by molar-refractivity contribution is -0.134. The first-order valence-electron chi connectivity index (χ1n) is 11.7. The molecule has 0 radical (unpaired) electrons. The van der Waals surface area contributed by atoms with Gasteiger partial charge in [-0.25, -0.2) is 9.67 Å². The van der Waals surface area contributed by atoms with Crippen molar-refractivity contribution in [1.29, 1.82) is 0 Å². The molecule has 1 aromatic carbocycles. The van der Waals surface area contributed by atoms with Gasteiger partial charge < -0.3 is 14.2 Å². The maximum atomic E-state index is 13.6. The van der Waals surface area contributed by atoms with E-state index in [1.165, 1.54) is 11.3 Å². The zero-order valence-electron chi connectivity index (χ0n) is 20.4. The summed E-state index contributed by atoms with van der Waals surface area (Å²) in [6.45, 7) is 8.43. The van der Waals surface area contributed by atoms with Gasteiger partial charge in [0.1, 0.15) is 10.7 Å². The number of para-hydroxylation sites is 1. The summed E-state index contributed by atoms with van der Waals surface area (Å²) in [5.41, 5.74) is 5.98. The highest BCUT2D eigenvalue weighted by atomic mass is 32.1. The smallest absolute Gasteiger partial charge is 0.295 e. The average Bonchev–Trinajstić information content (AvgIpc) is 3.50. The number of amides is 1. The van der Waals surface area contributed by atoms with Gasteiger partial charge in [-0.2, -0.15) is 0 Å². The van der Waals surface area contributed by atoms with Crippen LogP contribution in [-0.2, 0) is 23.0 Å². The minimum absolute atomic E-state index is 0.0698. The number of aryl methyl sites for hydroxylation is 1. The molecule has 0 N–H and O–H groups in total. The first kappa shape index (κ1) is 23.3. The van der Waals surface area contributed by atoms with Crippen LogP contribution in [-0.4, -0.2) is 56.0 Å². The summed E-state index contributed by atoms with van der Waals surface area (Å²) < 4.78 is 10.9. The van der Waals surface area contributed by atoms with Crippen LogP contribution in [0.1, 0.15) is 22.1 Å². The summed E-state index contributed by atoms with van der Waals surface area (Å²) in [5, 5.41) is 2.79. The lowest BCUT2D eigenvalue weighted by Gasteiger charge is -2.26. The third kappa shape index (κ3) is 4.15. The number of carbonyl (C=O) groups excluding carboxylic acids is 1. The van der Waals surface area contributed by atoms with Gasteiger partial charge >= 0.3 is 0 Å². The van der Waals surface area contributed by atoms with Crippen molar-refractivity contribution in [3.05, 3.63) is 74.2 Å². The molecule has 35 heavy (non-hydrogen) atoms. The molecule has 0 atom stereocenters. The summed E-state index contributed by atoms with van der Waals surface area (Å²) in [5.74, 6) is 0.0843. The highest BCUT2D eigenvalue weighted by Gasteiger charge is 2.23. The number of nitrogens with zero attached hydrogens (tertiary/aromatic N) is 5. The standard InChI is InChI=1S/C26H29N5O3S/c1-17-14-21(22-16-35-23(27-22)15-24(32)29-10-12-34-13-11-29)18(2)30(17)25-19(3)28(4)31(26(25)33)20-8-6-5-7-9-20/h5-9,14,16H,10-13,15H2,1-4H3. The molecule has 1 saturated heterocycles. The Morgan fingerprint density at radius 1 is 1.09 bits per heavy atom. The van der Waals surface area contributed by atoms with Crippen LogP contribution >= 0.6 is 11.3 Å². The van der Waals surface area contributed by atoms with Crippen molar-refractivity contribution in [2.45, 2.75) is 27.2 Å². The first-order valence-corrected chi connectivity index (χ1v) is 12.6. The van der Waals surface area contributed by atoms with E-state index in [9.17, 15) is 9.59 Å². The van der Waals surface area contributed by atoms with E-state index in [0.29, 0.717) is 38.4 Å². The second-order valence-corrected chi connectivity index (χ2v) is 9.77. The van der Waals surface area contributed by atoms with E-state index in [0.717, 1.165) is 39.0 Å². The lowest BCUT2D eigenvalue weighted by atomic mass is 10.2. The topological polar surface area (TPSA) is 74.3 Å². The number of aromatic nitrogens is 4. The van der Waals surface area contributed by atoms with Crippen LogP contribution in [0.2, 0.25) is 0 Å². The molecule has 4 aromatic rings. The predicted octanol–water partition coefficient (Wildman–Crippen LogP) is 3.42. The van der Waals surface area contributed by atoms with Gasteiger partial charge in [0.05, 0.1) is 36.7 Å². The Bertz CT molecular complexity index is 1440. The second kappa shape index (κ2) is 9.31. The van der Waals surface area contributed by atoms with Gasteiger partial charge in [-0.15, -0.1) is 11.3 Å². The molecular weight excluding hydrogens is 462 g/mol. The normalized spacial score (nSPS) is 14.0. The molecule has 4 heterocycles. The molecule has 1 fully saturated rings. The highest BCUT2D eigenvalue weighted by molar-refractivity contribution is 7.10. The summed E-state index contributed by atoms with van der Waals surface area (Å²) in [7, 11) is 1.90. The Kier molecular flexibility index (Phi) is 6.21. The molecule has 3 aromatic heterocycles. The second-order valence-electron chi connectivity index (χ2n) is 8.83. The third-order valence-electron chi connectivity index (χ3n) is 6.67. The Balaban J connectivity index is 1.49. The van der Waals surface area contributed by atoms with E-state index in [1.807, 2.05) is 77.7 Å². The van der Waals surface area contributed by atoms with Crippen molar-refractivity contribution < 1.29 is 9.53 Å². The number of hydrogen-bond donors (Lipinski definition) is 0. The molecule has 0 saturated carbocycles. The van der Waals surface area contributed by atoms with Gasteiger partial charge in [0.2, 0.25) is 5.91 Å². The van der Waals surface area contributed by atoms with E-state index in [2.05, 4.69) is 6.07 Å². The summed E-state index contributed by atoms with van der Waals surface area (Å²) >= 11 is 1.50. The van der Waals surface area contributed by atoms with Crippen molar-refractivity contribution in [2.75, 3.05) is 26.3 Å². The molecule has 1 amide bonds. The Morgan fingerprint density at radius 2 is 1.80 bits per heavy atom. The number of carbonyl (C=O) groups is 1. The molecule has 0 bridgehead atoms. The number of ether oxygens (including phenoxy) is 1. The van der Waals surface area contributed by atoms with Gasteiger partial charge in [0.25, 0.3) is 5.56 Å². The quantitative estimate of drug-likeness (QED) is 0.429. The Hall–Kier alpha value is -3.43. The Labute approximate surface area is 208 Å². The maximum absolute atomic E-state index is 13.6. The van der Waals surface area contributed by atoms with E-state index in [-0.39, 0.29) is 11.5 Å². The van der Waals surface area contributed by atoms with E-state index in [4.69, 9.17) is 9.72 Å². The fraction of sp³-hybridized carbons (Fsp3) is 0.346. The van der Waals surface area contributed by atoms with Crippen LogP contribution < -0.4 is 5.56 Å². The number of rotatable bonds is 5. The Morgan fingerprint density at radius 3 is 2.51 bits per heavy atom. The zero-order valence-corrected chi connectivity index (χ0v) is 21.3. The predicted molar refractivity (Wildman–Crippen MR) is 137 cm³/mol. The molecule has 9 heteroatoms. The molecule has 5 rings (SSSR count). The van der Waals surface area contributed by atoms with Crippen molar-refractivity contribution in [2.24, 2.45) is 7.05 Å². The van der Waals surface area contributed by atoms with Crippen LogP contribution in [0.5, 0.6) is 0 Å². The van der Waals surface area contributed by atoms with E-state index in [1.54, 1.807) is 4.68 Å². The van der Waals surface area contributed by atoms with Crippen molar-refractivity contribution in [3.8, 4) is 22.6 Å². The fourth-order valence-electron chi connectivity index (χ4n) is 4.75. The minimum Gasteiger partial charge on any atom is -0.378 e. The SMILES string of the molecule is Cc1cc(-c2csc(CC(=O)N3CCOCC3)n2)c(C)n1-c1c(C)n(C)n(-c2ccccc2)c1=O. The van der Waals surface area contributed by atoms with Crippen LogP contribution in [0.3, 0.4) is 0 Å². The van der Waals surface area contributed by atoms with Crippen LogP contribution in [0.15, 0.2) is 46.6 Å². The number of benzene rings is 1. The molecule has 0 aliphatic carbocycles. The van der Waals surface area contributed by atoms with Crippen LogP contribution in [0.4, 0.5) is 0 Å². The number of morpholine rings is 1. The molecule has 1 aliphatic rings. The molecule has 182 valence electrons. The molecule has 0 spiro atoms. The maximum Gasteiger partial charge on any atom is 0.295 e. The first-order chi connectivity index (χ1) is 16.9. The van der Waals surface area contributed by atoms with Crippen molar-refractivity contribution >= 4 is 17.2 Å².